The van der Waals surface area contributed by atoms with E-state index in [1.807, 2.05) is 6.92 Å². The third-order valence-electron chi connectivity index (χ3n) is 2.14. The van der Waals surface area contributed by atoms with E-state index in [0.717, 1.165) is 23.1 Å². The zero-order chi connectivity index (χ0) is 14.5. The lowest BCUT2D eigenvalue weighted by Crippen LogP contribution is -2.28. The number of amides is 1. The van der Waals surface area contributed by atoms with Crippen LogP contribution in [0.4, 0.5) is 5.13 Å². The molecule has 19 heavy (non-hydrogen) atoms. The minimum atomic E-state index is -3.66. The van der Waals surface area contributed by atoms with E-state index in [1.165, 1.54) is 6.92 Å². The fourth-order valence-corrected chi connectivity index (χ4v) is 4.05. The molecule has 1 unspecified atom stereocenters. The van der Waals surface area contributed by atoms with Crippen molar-refractivity contribution in [1.29, 1.82) is 0 Å². The van der Waals surface area contributed by atoms with Crippen LogP contribution in [0.2, 0.25) is 0 Å². The van der Waals surface area contributed by atoms with Crippen molar-refractivity contribution in [2.24, 2.45) is 5.92 Å². The Bertz CT molecular complexity index is 531. The fourth-order valence-electron chi connectivity index (χ4n) is 1.12. The van der Waals surface area contributed by atoms with Gasteiger partial charge in [0.1, 0.15) is 0 Å². The molecule has 0 bridgehead atoms. The number of nitrogens with one attached hydrogen (secondary N) is 2. The quantitative estimate of drug-likeness (QED) is 0.554. The van der Waals surface area contributed by atoms with Crippen molar-refractivity contribution < 1.29 is 13.2 Å². The van der Waals surface area contributed by atoms with E-state index >= 15 is 0 Å². The van der Waals surface area contributed by atoms with E-state index in [1.54, 1.807) is 0 Å². The highest BCUT2D eigenvalue weighted by atomic mass is 79.9. The fraction of sp³-hybridized carbons (Fsp3) is 0.667. The third-order valence-corrected chi connectivity index (χ3v) is 5.23. The summed E-state index contributed by atoms with van der Waals surface area (Å²) >= 11 is 4.12. The second-order valence-electron chi connectivity index (χ2n) is 3.99. The lowest BCUT2D eigenvalue weighted by molar-refractivity contribution is -0.114. The topological polar surface area (TPSA) is 101 Å². The van der Waals surface area contributed by atoms with Gasteiger partial charge in [-0.1, -0.05) is 34.2 Å². The van der Waals surface area contributed by atoms with Crippen molar-refractivity contribution in [1.82, 2.24) is 14.9 Å². The number of hydrogen-bond acceptors (Lipinski definition) is 6. The number of carbonyl (C=O) groups excluding carboxylic acids is 1. The van der Waals surface area contributed by atoms with E-state index in [9.17, 15) is 13.2 Å². The molecular weight excluding hydrogens is 356 g/mol. The summed E-state index contributed by atoms with van der Waals surface area (Å²) in [5.41, 5.74) is 0. The average Bonchev–Trinajstić information content (AvgIpc) is 2.75. The predicted octanol–water partition coefficient (Wildman–Crippen LogP) is 1.20. The molecule has 0 aliphatic heterocycles. The maximum atomic E-state index is 11.9. The highest BCUT2D eigenvalue weighted by Crippen LogP contribution is 2.19. The third kappa shape index (κ3) is 5.51. The van der Waals surface area contributed by atoms with Crippen LogP contribution >= 0.6 is 27.3 Å². The van der Waals surface area contributed by atoms with E-state index in [2.05, 4.69) is 36.2 Å². The Morgan fingerprint density at radius 3 is 2.74 bits per heavy atom. The zero-order valence-corrected chi connectivity index (χ0v) is 13.7. The summed E-state index contributed by atoms with van der Waals surface area (Å²) in [5, 5.41) is 10.5. The Labute approximate surface area is 124 Å². The SMILES string of the molecule is CC(=O)Nc1nnc(S(=O)(=O)NCC(C)CCBr)s1. The van der Waals surface area contributed by atoms with Gasteiger partial charge in [-0.15, -0.1) is 10.2 Å². The Balaban J connectivity index is 2.66. The summed E-state index contributed by atoms with van der Waals surface area (Å²) in [6, 6.07) is 0. The predicted molar refractivity (Wildman–Crippen MR) is 77.0 cm³/mol. The van der Waals surface area contributed by atoms with Crippen molar-refractivity contribution in [2.75, 3.05) is 17.2 Å². The Hall–Kier alpha value is -0.580. The van der Waals surface area contributed by atoms with Crippen LogP contribution in [-0.2, 0) is 14.8 Å². The monoisotopic (exact) mass is 370 g/mol. The second kappa shape index (κ2) is 7.27. The van der Waals surface area contributed by atoms with Crippen LogP contribution in [0.3, 0.4) is 0 Å². The van der Waals surface area contributed by atoms with Gasteiger partial charge in [-0.3, -0.25) is 4.79 Å². The maximum absolute atomic E-state index is 11.9. The molecule has 0 aromatic carbocycles. The Kier molecular flexibility index (Phi) is 6.30. The molecule has 1 rings (SSSR count). The van der Waals surface area contributed by atoms with E-state index in [0.29, 0.717) is 6.54 Å². The van der Waals surface area contributed by atoms with Crippen LogP contribution in [0.5, 0.6) is 0 Å². The number of halogens is 1. The molecule has 1 aromatic heterocycles. The molecule has 108 valence electrons. The van der Waals surface area contributed by atoms with Gasteiger partial charge in [-0.05, 0) is 12.3 Å². The molecule has 1 heterocycles. The molecule has 0 radical (unpaired) electrons. The number of rotatable bonds is 7. The summed E-state index contributed by atoms with van der Waals surface area (Å²) in [6.45, 7) is 3.60. The van der Waals surface area contributed by atoms with E-state index in [4.69, 9.17) is 0 Å². The van der Waals surface area contributed by atoms with Gasteiger partial charge in [0.15, 0.2) is 0 Å². The highest BCUT2D eigenvalue weighted by Gasteiger charge is 2.20. The minimum absolute atomic E-state index is 0.151. The number of carbonyl (C=O) groups is 1. The second-order valence-corrected chi connectivity index (χ2v) is 7.70. The van der Waals surface area contributed by atoms with Crippen LogP contribution < -0.4 is 10.0 Å². The number of nitrogens with zero attached hydrogens (tertiary/aromatic N) is 2. The van der Waals surface area contributed by atoms with Crippen LogP contribution in [0, 0.1) is 5.92 Å². The first-order valence-electron chi connectivity index (χ1n) is 5.52. The first-order chi connectivity index (χ1) is 8.85. The van der Waals surface area contributed by atoms with Gasteiger partial charge in [0, 0.05) is 18.8 Å². The summed E-state index contributed by atoms with van der Waals surface area (Å²) in [6.07, 6.45) is 0.871. The smallest absolute Gasteiger partial charge is 0.269 e. The minimum Gasteiger partial charge on any atom is -0.301 e. The zero-order valence-electron chi connectivity index (χ0n) is 10.5. The molecule has 7 nitrogen and oxygen atoms in total. The standard InChI is InChI=1S/C9H15BrN4O3S2/c1-6(3-4-10)5-11-19(16,17)9-14-13-8(18-9)12-7(2)15/h6,11H,3-5H2,1-2H3,(H,12,13,15). The van der Waals surface area contributed by atoms with Gasteiger partial charge in [0.05, 0.1) is 0 Å². The normalized spacial score (nSPS) is 13.2. The largest absolute Gasteiger partial charge is 0.301 e. The molecule has 2 N–H and O–H groups in total. The van der Waals surface area contributed by atoms with Crippen LogP contribution in [-0.4, -0.2) is 36.4 Å². The van der Waals surface area contributed by atoms with E-state index < -0.39 is 10.0 Å². The number of aromatic nitrogens is 2. The van der Waals surface area contributed by atoms with Crippen molar-refractivity contribution in [3.05, 3.63) is 0 Å². The number of alkyl halides is 1. The Morgan fingerprint density at radius 1 is 1.47 bits per heavy atom. The van der Waals surface area contributed by atoms with Gasteiger partial charge in [0.2, 0.25) is 15.4 Å². The lowest BCUT2D eigenvalue weighted by atomic mass is 10.1. The van der Waals surface area contributed by atoms with Crippen LogP contribution in [0.15, 0.2) is 4.34 Å². The maximum Gasteiger partial charge on any atom is 0.269 e. The molecule has 0 aliphatic carbocycles. The van der Waals surface area contributed by atoms with Crippen LogP contribution in [0.25, 0.3) is 0 Å². The van der Waals surface area contributed by atoms with E-state index in [-0.39, 0.29) is 21.3 Å². The molecule has 10 heteroatoms. The average molecular weight is 371 g/mol. The van der Waals surface area contributed by atoms with Crippen molar-refractivity contribution in [2.45, 2.75) is 24.6 Å². The molecular formula is C9H15BrN4O3S2. The first kappa shape index (κ1) is 16.5. The Morgan fingerprint density at radius 2 is 2.16 bits per heavy atom. The molecule has 0 spiro atoms. The highest BCUT2D eigenvalue weighted by molar-refractivity contribution is 9.09. The summed E-state index contributed by atoms with van der Waals surface area (Å²) in [4.78, 5) is 10.8. The molecule has 0 fully saturated rings. The summed E-state index contributed by atoms with van der Waals surface area (Å²) in [5.74, 6) is -0.101. The lowest BCUT2D eigenvalue weighted by Gasteiger charge is -2.09. The van der Waals surface area contributed by atoms with Crippen molar-refractivity contribution >= 4 is 48.3 Å². The number of anilines is 1. The van der Waals surface area contributed by atoms with Gasteiger partial charge >= 0.3 is 0 Å². The van der Waals surface area contributed by atoms with Gasteiger partial charge < -0.3 is 5.32 Å². The molecule has 0 saturated heterocycles. The van der Waals surface area contributed by atoms with Crippen molar-refractivity contribution in [3.8, 4) is 0 Å². The summed E-state index contributed by atoms with van der Waals surface area (Å²) in [7, 11) is -3.66. The first-order valence-corrected chi connectivity index (χ1v) is 8.94. The number of sulfonamides is 1. The van der Waals surface area contributed by atoms with Gasteiger partial charge in [-0.25, -0.2) is 13.1 Å². The van der Waals surface area contributed by atoms with Crippen LogP contribution in [0.1, 0.15) is 20.3 Å². The molecule has 1 aromatic rings. The molecule has 1 amide bonds. The van der Waals surface area contributed by atoms with Gasteiger partial charge in [0.25, 0.3) is 10.0 Å². The molecule has 0 saturated carbocycles. The number of hydrogen-bond donors (Lipinski definition) is 2. The molecule has 0 aliphatic rings. The summed E-state index contributed by atoms with van der Waals surface area (Å²) < 4.78 is 26.1. The van der Waals surface area contributed by atoms with Gasteiger partial charge in [-0.2, -0.15) is 0 Å². The molecule has 1 atom stereocenters. The van der Waals surface area contributed by atoms with Crippen molar-refractivity contribution in [3.63, 3.8) is 0 Å².